The highest BCUT2D eigenvalue weighted by Crippen LogP contribution is 2.07. The van der Waals surface area contributed by atoms with Crippen molar-refractivity contribution in [2.75, 3.05) is 26.9 Å². The van der Waals surface area contributed by atoms with Crippen LogP contribution in [0, 0.1) is 0 Å². The summed E-state index contributed by atoms with van der Waals surface area (Å²) < 4.78 is 10.3. The van der Waals surface area contributed by atoms with E-state index in [9.17, 15) is 0 Å². The van der Waals surface area contributed by atoms with Gasteiger partial charge in [-0.15, -0.1) is 0 Å². The van der Waals surface area contributed by atoms with Gasteiger partial charge in [0.25, 0.3) is 0 Å². The third-order valence-corrected chi connectivity index (χ3v) is 1.74. The molecule has 0 aliphatic rings. The molecular formula is C11H16N2O2. The van der Waals surface area contributed by atoms with Crippen LogP contribution in [0.15, 0.2) is 35.3 Å². The minimum Gasteiger partial charge on any atom is -0.486 e. The molecule has 4 nitrogen and oxygen atoms in total. The Labute approximate surface area is 89.7 Å². The van der Waals surface area contributed by atoms with Crippen molar-refractivity contribution in [3.63, 3.8) is 0 Å². The SMILES string of the molecule is COCCN=C(N)COc1ccccc1. The van der Waals surface area contributed by atoms with Crippen LogP contribution in [0.4, 0.5) is 0 Å². The largest absolute Gasteiger partial charge is 0.486 e. The van der Waals surface area contributed by atoms with Crippen LogP contribution >= 0.6 is 0 Å². The van der Waals surface area contributed by atoms with Crippen LogP contribution in [-0.4, -0.2) is 32.7 Å². The summed E-state index contributed by atoms with van der Waals surface area (Å²) in [6.45, 7) is 1.46. The van der Waals surface area contributed by atoms with E-state index in [2.05, 4.69) is 4.99 Å². The lowest BCUT2D eigenvalue weighted by molar-refractivity contribution is 0.208. The van der Waals surface area contributed by atoms with Gasteiger partial charge < -0.3 is 15.2 Å². The van der Waals surface area contributed by atoms with E-state index >= 15 is 0 Å². The summed E-state index contributed by atoms with van der Waals surface area (Å²) in [7, 11) is 1.63. The van der Waals surface area contributed by atoms with E-state index < -0.39 is 0 Å². The van der Waals surface area contributed by atoms with Crippen LogP contribution in [0.3, 0.4) is 0 Å². The highest BCUT2D eigenvalue weighted by molar-refractivity contribution is 5.81. The number of benzene rings is 1. The van der Waals surface area contributed by atoms with Gasteiger partial charge in [-0.2, -0.15) is 0 Å². The number of methoxy groups -OCH3 is 1. The molecule has 0 amide bonds. The Morgan fingerprint density at radius 2 is 2.07 bits per heavy atom. The predicted molar refractivity (Wildman–Crippen MR) is 60.3 cm³/mol. The molecule has 0 saturated heterocycles. The molecular weight excluding hydrogens is 192 g/mol. The Morgan fingerprint density at radius 1 is 1.33 bits per heavy atom. The summed E-state index contributed by atoms with van der Waals surface area (Å²) in [4.78, 5) is 4.07. The molecule has 15 heavy (non-hydrogen) atoms. The van der Waals surface area contributed by atoms with Gasteiger partial charge in [0.2, 0.25) is 0 Å². The van der Waals surface area contributed by atoms with Gasteiger partial charge in [-0.25, -0.2) is 0 Å². The summed E-state index contributed by atoms with van der Waals surface area (Å²) in [5, 5.41) is 0. The number of nitrogens with zero attached hydrogens (tertiary/aromatic N) is 1. The minimum absolute atomic E-state index is 0.313. The highest BCUT2D eigenvalue weighted by Gasteiger charge is 1.94. The monoisotopic (exact) mass is 208 g/mol. The van der Waals surface area contributed by atoms with Crippen LogP contribution in [0.5, 0.6) is 5.75 Å². The van der Waals surface area contributed by atoms with E-state index in [1.807, 2.05) is 30.3 Å². The van der Waals surface area contributed by atoms with E-state index in [1.54, 1.807) is 7.11 Å². The number of rotatable bonds is 6. The third-order valence-electron chi connectivity index (χ3n) is 1.74. The van der Waals surface area contributed by atoms with Crippen molar-refractivity contribution in [3.05, 3.63) is 30.3 Å². The maximum absolute atomic E-state index is 5.63. The van der Waals surface area contributed by atoms with Gasteiger partial charge >= 0.3 is 0 Å². The van der Waals surface area contributed by atoms with Gasteiger partial charge in [0.15, 0.2) is 0 Å². The molecule has 0 aromatic heterocycles. The normalized spacial score (nSPS) is 11.4. The third kappa shape index (κ3) is 5.02. The zero-order valence-electron chi connectivity index (χ0n) is 8.85. The smallest absolute Gasteiger partial charge is 0.145 e. The minimum atomic E-state index is 0.313. The molecule has 1 rings (SSSR count). The summed E-state index contributed by atoms with van der Waals surface area (Å²) in [5.74, 6) is 1.28. The number of amidine groups is 1. The van der Waals surface area contributed by atoms with E-state index in [4.69, 9.17) is 15.2 Å². The van der Waals surface area contributed by atoms with Gasteiger partial charge in [0.05, 0.1) is 13.2 Å². The van der Waals surface area contributed by atoms with Crippen LogP contribution in [0.25, 0.3) is 0 Å². The fourth-order valence-electron chi connectivity index (χ4n) is 1.00. The van der Waals surface area contributed by atoms with Crippen molar-refractivity contribution in [1.82, 2.24) is 0 Å². The summed E-state index contributed by atoms with van der Waals surface area (Å²) in [6.07, 6.45) is 0. The molecule has 0 fully saturated rings. The zero-order valence-corrected chi connectivity index (χ0v) is 8.85. The van der Waals surface area contributed by atoms with Gasteiger partial charge in [0, 0.05) is 7.11 Å². The first-order valence-corrected chi connectivity index (χ1v) is 4.78. The molecule has 82 valence electrons. The average Bonchev–Trinajstić information content (AvgIpc) is 2.28. The maximum atomic E-state index is 5.63. The molecule has 2 N–H and O–H groups in total. The van der Waals surface area contributed by atoms with Crippen molar-refractivity contribution < 1.29 is 9.47 Å². The molecule has 0 heterocycles. The summed E-state index contributed by atoms with van der Waals surface area (Å²) in [6, 6.07) is 9.51. The number of para-hydroxylation sites is 1. The number of nitrogens with two attached hydrogens (primary N) is 1. The standard InChI is InChI=1S/C11H16N2O2/c1-14-8-7-13-11(12)9-15-10-5-3-2-4-6-10/h2-6H,7-9H2,1H3,(H2,12,13). The summed E-state index contributed by atoms with van der Waals surface area (Å²) >= 11 is 0. The van der Waals surface area contributed by atoms with Gasteiger partial charge in [-0.1, -0.05) is 18.2 Å². The quantitative estimate of drug-likeness (QED) is 0.432. The highest BCUT2D eigenvalue weighted by atomic mass is 16.5. The molecule has 0 atom stereocenters. The van der Waals surface area contributed by atoms with Gasteiger partial charge in [-0.3, -0.25) is 4.99 Å². The Bertz CT molecular complexity index is 299. The fraction of sp³-hybridized carbons (Fsp3) is 0.364. The van der Waals surface area contributed by atoms with Crippen LogP contribution in [0.2, 0.25) is 0 Å². The lowest BCUT2D eigenvalue weighted by atomic mass is 10.3. The molecule has 0 unspecified atom stereocenters. The first-order valence-electron chi connectivity index (χ1n) is 4.78. The maximum Gasteiger partial charge on any atom is 0.145 e. The molecule has 4 heteroatoms. The molecule has 0 bridgehead atoms. The Morgan fingerprint density at radius 3 is 2.73 bits per heavy atom. The van der Waals surface area contributed by atoms with Crippen molar-refractivity contribution in [3.8, 4) is 5.75 Å². The Balaban J connectivity index is 2.28. The zero-order chi connectivity index (χ0) is 10.9. The molecule has 0 saturated carbocycles. The number of hydrogen-bond donors (Lipinski definition) is 1. The van der Waals surface area contributed by atoms with Crippen molar-refractivity contribution >= 4 is 5.84 Å². The second kappa shape index (κ2) is 6.84. The fourth-order valence-corrected chi connectivity index (χ4v) is 1.00. The topological polar surface area (TPSA) is 56.8 Å². The van der Waals surface area contributed by atoms with Gasteiger partial charge in [0.1, 0.15) is 18.2 Å². The lowest BCUT2D eigenvalue weighted by Crippen LogP contribution is -2.22. The van der Waals surface area contributed by atoms with E-state index in [1.165, 1.54) is 0 Å². The second-order valence-corrected chi connectivity index (χ2v) is 2.97. The first-order chi connectivity index (χ1) is 7.33. The second-order valence-electron chi connectivity index (χ2n) is 2.97. The molecule has 1 aromatic rings. The van der Waals surface area contributed by atoms with Gasteiger partial charge in [-0.05, 0) is 12.1 Å². The molecule has 0 aliphatic carbocycles. The summed E-state index contributed by atoms with van der Waals surface area (Å²) in [5.41, 5.74) is 5.63. The predicted octanol–water partition coefficient (Wildman–Crippen LogP) is 1.07. The Kier molecular flexibility index (Phi) is 5.25. The van der Waals surface area contributed by atoms with E-state index in [0.717, 1.165) is 5.75 Å². The molecule has 0 radical (unpaired) electrons. The number of hydrogen-bond acceptors (Lipinski definition) is 3. The van der Waals surface area contributed by atoms with Crippen LogP contribution in [-0.2, 0) is 4.74 Å². The lowest BCUT2D eigenvalue weighted by Gasteiger charge is -2.05. The van der Waals surface area contributed by atoms with Crippen LogP contribution < -0.4 is 10.5 Å². The Hall–Kier alpha value is -1.55. The molecule has 0 aliphatic heterocycles. The average molecular weight is 208 g/mol. The number of ether oxygens (including phenoxy) is 2. The van der Waals surface area contributed by atoms with Crippen molar-refractivity contribution in [2.45, 2.75) is 0 Å². The van der Waals surface area contributed by atoms with Crippen LogP contribution in [0.1, 0.15) is 0 Å². The van der Waals surface area contributed by atoms with E-state index in [0.29, 0.717) is 25.6 Å². The van der Waals surface area contributed by atoms with Crippen molar-refractivity contribution in [1.29, 1.82) is 0 Å². The number of aliphatic imine (C=N–C) groups is 1. The molecule has 0 spiro atoms. The first kappa shape index (κ1) is 11.5. The van der Waals surface area contributed by atoms with E-state index in [-0.39, 0.29) is 0 Å². The molecule has 1 aromatic carbocycles. The van der Waals surface area contributed by atoms with Crippen molar-refractivity contribution in [2.24, 2.45) is 10.7 Å².